The fourth-order valence-corrected chi connectivity index (χ4v) is 2.07. The molecule has 2 rings (SSSR count). The maximum atomic E-state index is 13.9. The number of benzene rings is 1. The summed E-state index contributed by atoms with van der Waals surface area (Å²) in [4.78, 5) is 4.38. The second-order valence-electron chi connectivity index (χ2n) is 5.33. The van der Waals surface area contributed by atoms with Crippen molar-refractivity contribution in [1.29, 1.82) is 0 Å². The van der Waals surface area contributed by atoms with Gasteiger partial charge in [0.25, 0.3) is 0 Å². The lowest BCUT2D eigenvalue weighted by molar-refractivity contribution is 0.209. The molecule has 4 heteroatoms. The van der Waals surface area contributed by atoms with Gasteiger partial charge in [-0.3, -0.25) is 0 Å². The smallest absolute Gasteiger partial charge is 0.146 e. The molecule has 2 aromatic rings. The lowest BCUT2D eigenvalue weighted by atomic mass is 10.1. The first kappa shape index (κ1) is 15.6. The van der Waals surface area contributed by atoms with E-state index in [9.17, 15) is 9.50 Å². The number of nitrogens with one attached hydrogen (secondary N) is 1. The molecule has 1 heterocycles. The quantitative estimate of drug-likeness (QED) is 0.858. The highest BCUT2D eigenvalue weighted by molar-refractivity contribution is 5.58. The molecule has 111 valence electrons. The first-order valence-electron chi connectivity index (χ1n) is 7.08. The standard InChI is InChI=1S/C17H20FN2O/c1-12(2)17(11-21)19-10-16-14(18)8-9-15(20-16)13-6-4-3-5-7-13/h4-9,12,17,19,21H,10-11H2,1-2H3/t17-/m0/s1. The highest BCUT2D eigenvalue weighted by atomic mass is 19.1. The molecule has 3 nitrogen and oxygen atoms in total. The number of rotatable bonds is 6. The van der Waals surface area contributed by atoms with Crippen LogP contribution in [-0.2, 0) is 6.54 Å². The maximum Gasteiger partial charge on any atom is 0.146 e. The normalized spacial score (nSPS) is 12.6. The topological polar surface area (TPSA) is 45.1 Å². The molecule has 0 unspecified atom stereocenters. The number of aliphatic hydroxyl groups excluding tert-OH is 1. The van der Waals surface area contributed by atoms with Crippen molar-refractivity contribution in [3.63, 3.8) is 0 Å². The maximum absolute atomic E-state index is 13.9. The summed E-state index contributed by atoms with van der Waals surface area (Å²) >= 11 is 0. The molecule has 0 saturated heterocycles. The number of nitrogens with zero attached hydrogens (tertiary/aromatic N) is 1. The summed E-state index contributed by atoms with van der Waals surface area (Å²) < 4.78 is 13.9. The highest BCUT2D eigenvalue weighted by Crippen LogP contribution is 2.18. The summed E-state index contributed by atoms with van der Waals surface area (Å²) in [5, 5.41) is 12.4. The monoisotopic (exact) mass is 287 g/mol. The number of hydrogen-bond donors (Lipinski definition) is 2. The van der Waals surface area contributed by atoms with Crippen molar-refractivity contribution in [2.75, 3.05) is 6.61 Å². The van der Waals surface area contributed by atoms with Gasteiger partial charge in [-0.15, -0.1) is 0 Å². The predicted octanol–water partition coefficient (Wildman–Crippen LogP) is 2.79. The minimum Gasteiger partial charge on any atom is -0.395 e. The number of halogens is 1. The summed E-state index contributed by atoms with van der Waals surface area (Å²) in [6.07, 6.45) is 0. The summed E-state index contributed by atoms with van der Waals surface area (Å²) in [6, 6.07) is 13.4. The molecule has 1 atom stereocenters. The van der Waals surface area contributed by atoms with Crippen LogP contribution in [0.2, 0.25) is 0 Å². The second kappa shape index (κ2) is 7.29. The molecule has 0 aliphatic rings. The number of aromatic nitrogens is 1. The largest absolute Gasteiger partial charge is 0.395 e. The van der Waals surface area contributed by atoms with Crippen LogP contribution in [0.25, 0.3) is 11.3 Å². The molecule has 21 heavy (non-hydrogen) atoms. The minimum atomic E-state index is -0.339. The summed E-state index contributed by atoms with van der Waals surface area (Å²) in [6.45, 7) is 4.33. The Hall–Kier alpha value is -1.78. The van der Waals surface area contributed by atoms with Crippen LogP contribution in [0.5, 0.6) is 0 Å². The first-order valence-corrected chi connectivity index (χ1v) is 7.08. The van der Waals surface area contributed by atoms with E-state index in [0.29, 0.717) is 12.2 Å². The highest BCUT2D eigenvalue weighted by Gasteiger charge is 2.13. The van der Waals surface area contributed by atoms with Crippen molar-refractivity contribution in [2.24, 2.45) is 5.92 Å². The molecule has 0 spiro atoms. The van der Waals surface area contributed by atoms with Crippen molar-refractivity contribution >= 4 is 0 Å². The van der Waals surface area contributed by atoms with Crippen LogP contribution >= 0.6 is 0 Å². The van der Waals surface area contributed by atoms with Crippen LogP contribution in [0.3, 0.4) is 0 Å². The zero-order chi connectivity index (χ0) is 15.2. The van der Waals surface area contributed by atoms with Crippen LogP contribution in [0.4, 0.5) is 4.39 Å². The molecule has 0 aliphatic carbocycles. The Morgan fingerprint density at radius 1 is 1.24 bits per heavy atom. The van der Waals surface area contributed by atoms with Crippen molar-refractivity contribution in [1.82, 2.24) is 10.3 Å². The Morgan fingerprint density at radius 3 is 2.57 bits per heavy atom. The lowest BCUT2D eigenvalue weighted by Crippen LogP contribution is -2.36. The predicted molar refractivity (Wildman–Crippen MR) is 81.0 cm³/mol. The Labute approximate surface area is 124 Å². The van der Waals surface area contributed by atoms with Gasteiger partial charge in [0.15, 0.2) is 0 Å². The Morgan fingerprint density at radius 2 is 1.95 bits per heavy atom. The average molecular weight is 287 g/mol. The molecule has 1 aromatic heterocycles. The van der Waals surface area contributed by atoms with Crippen molar-refractivity contribution in [3.8, 4) is 11.3 Å². The first-order chi connectivity index (χ1) is 10.1. The number of aliphatic hydroxyl groups is 1. The van der Waals surface area contributed by atoms with E-state index in [-0.39, 0.29) is 24.4 Å². The Bertz CT molecular complexity index is 572. The van der Waals surface area contributed by atoms with Gasteiger partial charge in [-0.1, -0.05) is 38.1 Å². The van der Waals surface area contributed by atoms with Crippen molar-refractivity contribution < 1.29 is 9.50 Å². The molecular weight excluding hydrogens is 267 g/mol. The molecule has 0 saturated carbocycles. The van der Waals surface area contributed by atoms with Crippen LogP contribution in [0.1, 0.15) is 19.5 Å². The van der Waals surface area contributed by atoms with Crippen molar-refractivity contribution in [2.45, 2.75) is 26.4 Å². The van der Waals surface area contributed by atoms with Gasteiger partial charge in [0.05, 0.1) is 18.0 Å². The molecule has 0 amide bonds. The fourth-order valence-electron chi connectivity index (χ4n) is 2.07. The zero-order valence-corrected chi connectivity index (χ0v) is 12.3. The van der Waals surface area contributed by atoms with Gasteiger partial charge in [-0.2, -0.15) is 0 Å². The van der Waals surface area contributed by atoms with E-state index >= 15 is 0 Å². The van der Waals surface area contributed by atoms with Crippen LogP contribution in [0.15, 0.2) is 36.4 Å². The van der Waals surface area contributed by atoms with Crippen LogP contribution in [-0.4, -0.2) is 22.7 Å². The fraction of sp³-hybridized carbons (Fsp3) is 0.353. The zero-order valence-electron chi connectivity index (χ0n) is 12.3. The lowest BCUT2D eigenvalue weighted by Gasteiger charge is -2.20. The van der Waals surface area contributed by atoms with E-state index in [0.717, 1.165) is 11.3 Å². The number of pyridine rings is 1. The summed E-state index contributed by atoms with van der Waals surface area (Å²) in [5.41, 5.74) is 2.02. The third-order valence-corrected chi connectivity index (χ3v) is 3.47. The van der Waals surface area contributed by atoms with E-state index in [4.69, 9.17) is 0 Å². The van der Waals surface area contributed by atoms with Gasteiger partial charge in [-0.25, -0.2) is 9.37 Å². The third kappa shape index (κ3) is 4.09. The average Bonchev–Trinajstić information content (AvgIpc) is 2.50. The van der Waals surface area contributed by atoms with Crippen LogP contribution < -0.4 is 5.32 Å². The second-order valence-corrected chi connectivity index (χ2v) is 5.33. The van der Waals surface area contributed by atoms with Gasteiger partial charge < -0.3 is 10.4 Å². The van der Waals surface area contributed by atoms with Gasteiger partial charge >= 0.3 is 0 Å². The van der Waals surface area contributed by atoms with E-state index < -0.39 is 0 Å². The van der Waals surface area contributed by atoms with Gasteiger partial charge in [0, 0.05) is 18.2 Å². The molecule has 0 bridgehead atoms. The van der Waals surface area contributed by atoms with E-state index in [1.807, 2.05) is 26.0 Å². The molecule has 2 N–H and O–H groups in total. The SMILES string of the molecule is CC(C)[C@H](CO)NCc1nc(-c2cc[c]cc2)ccc1F. The molecule has 1 aromatic carbocycles. The summed E-state index contributed by atoms with van der Waals surface area (Å²) in [5.74, 6) is -0.0694. The van der Waals surface area contributed by atoms with E-state index in [1.54, 1.807) is 18.2 Å². The summed E-state index contributed by atoms with van der Waals surface area (Å²) in [7, 11) is 0. The van der Waals surface area contributed by atoms with Crippen molar-refractivity contribution in [3.05, 3.63) is 54.0 Å². The Balaban J connectivity index is 2.16. The van der Waals surface area contributed by atoms with Crippen LogP contribution in [0, 0.1) is 17.8 Å². The minimum absolute atomic E-state index is 0.0213. The Kier molecular flexibility index (Phi) is 5.42. The van der Waals surface area contributed by atoms with E-state index in [1.165, 1.54) is 6.07 Å². The van der Waals surface area contributed by atoms with Gasteiger partial charge in [-0.05, 0) is 24.1 Å². The van der Waals surface area contributed by atoms with Gasteiger partial charge in [0.2, 0.25) is 0 Å². The molecule has 0 fully saturated rings. The van der Waals surface area contributed by atoms with E-state index in [2.05, 4.69) is 16.4 Å². The molecule has 1 radical (unpaired) electrons. The third-order valence-electron chi connectivity index (χ3n) is 3.47. The molecule has 0 aliphatic heterocycles. The molecular formula is C17H20FN2O. The van der Waals surface area contributed by atoms with Gasteiger partial charge in [0.1, 0.15) is 5.82 Å². The number of hydrogen-bond acceptors (Lipinski definition) is 3.